The summed E-state index contributed by atoms with van der Waals surface area (Å²) in [6.07, 6.45) is 1.10. The van der Waals surface area contributed by atoms with Gasteiger partial charge in [0.1, 0.15) is 17.3 Å². The summed E-state index contributed by atoms with van der Waals surface area (Å²) in [6.45, 7) is 2.98. The predicted molar refractivity (Wildman–Crippen MR) is 105 cm³/mol. The molecule has 144 valence electrons. The quantitative estimate of drug-likeness (QED) is 0.619. The van der Waals surface area contributed by atoms with Gasteiger partial charge in [-0.05, 0) is 47.9 Å². The van der Waals surface area contributed by atoms with Gasteiger partial charge in [-0.25, -0.2) is 9.37 Å². The molecule has 3 aromatic rings. The highest BCUT2D eigenvalue weighted by atomic mass is 19.1. The van der Waals surface area contributed by atoms with Gasteiger partial charge in [-0.3, -0.25) is 4.79 Å². The number of hydroxylamine groups is 2. The van der Waals surface area contributed by atoms with Gasteiger partial charge >= 0.3 is 0 Å². The highest BCUT2D eigenvalue weighted by Gasteiger charge is 2.23. The molecule has 6 heteroatoms. The van der Waals surface area contributed by atoms with Crippen molar-refractivity contribution >= 4 is 16.7 Å². The van der Waals surface area contributed by atoms with Crippen LogP contribution in [0.25, 0.3) is 22.0 Å². The van der Waals surface area contributed by atoms with E-state index in [-0.39, 0.29) is 17.7 Å². The number of hydrogen-bond acceptors (Lipinski definition) is 5. The van der Waals surface area contributed by atoms with E-state index in [1.54, 1.807) is 25.3 Å². The molecule has 0 saturated carbocycles. The van der Waals surface area contributed by atoms with Crippen LogP contribution in [0.5, 0.6) is 5.75 Å². The number of aromatic nitrogens is 1. The van der Waals surface area contributed by atoms with Crippen molar-refractivity contribution in [2.24, 2.45) is 0 Å². The van der Waals surface area contributed by atoms with Crippen LogP contribution in [-0.4, -0.2) is 42.1 Å². The van der Waals surface area contributed by atoms with Crippen molar-refractivity contribution < 1.29 is 18.8 Å². The number of ether oxygens (including phenoxy) is 1. The fraction of sp³-hybridized carbons (Fsp3) is 0.273. The first-order valence-electron chi connectivity index (χ1n) is 9.21. The van der Waals surface area contributed by atoms with E-state index < -0.39 is 0 Å². The third-order valence-electron chi connectivity index (χ3n) is 4.97. The van der Waals surface area contributed by atoms with Crippen LogP contribution < -0.4 is 4.84 Å². The molecule has 1 fully saturated rings. The molecule has 1 aromatic heterocycles. The number of halogens is 1. The SMILES string of the molecule is CO[C@H]1CCN(Oc2ccc3c(-c4ccc(F)cc4)cc(C(C)=O)nc3c2)C1. The van der Waals surface area contributed by atoms with Gasteiger partial charge < -0.3 is 9.57 Å². The van der Waals surface area contributed by atoms with E-state index in [0.29, 0.717) is 23.5 Å². The van der Waals surface area contributed by atoms with Gasteiger partial charge in [-0.15, -0.1) is 5.06 Å². The number of nitrogens with zero attached hydrogens (tertiary/aromatic N) is 2. The zero-order chi connectivity index (χ0) is 19.7. The third-order valence-corrected chi connectivity index (χ3v) is 4.97. The monoisotopic (exact) mass is 380 g/mol. The number of fused-ring (bicyclic) bond motifs is 1. The van der Waals surface area contributed by atoms with Crippen molar-refractivity contribution in [2.75, 3.05) is 20.2 Å². The summed E-state index contributed by atoms with van der Waals surface area (Å²) < 4.78 is 18.7. The average Bonchev–Trinajstić information content (AvgIpc) is 3.15. The topological polar surface area (TPSA) is 51.7 Å². The van der Waals surface area contributed by atoms with Gasteiger partial charge in [0, 0.05) is 32.0 Å². The number of Topliss-reactive ketones (excluding diaryl/α,β-unsaturated/α-hetero) is 1. The Labute approximate surface area is 162 Å². The number of hydrogen-bond donors (Lipinski definition) is 0. The second kappa shape index (κ2) is 7.66. The number of benzene rings is 2. The van der Waals surface area contributed by atoms with Gasteiger partial charge in [0.15, 0.2) is 5.78 Å². The smallest absolute Gasteiger partial charge is 0.178 e. The van der Waals surface area contributed by atoms with Crippen LogP contribution in [0.15, 0.2) is 48.5 Å². The zero-order valence-electron chi connectivity index (χ0n) is 15.8. The van der Waals surface area contributed by atoms with Crippen molar-refractivity contribution in [1.29, 1.82) is 0 Å². The van der Waals surface area contributed by atoms with Crippen LogP contribution in [0.1, 0.15) is 23.8 Å². The Balaban J connectivity index is 1.73. The Morgan fingerprint density at radius 3 is 2.64 bits per heavy atom. The number of carbonyl (C=O) groups is 1. The molecule has 2 heterocycles. The van der Waals surface area contributed by atoms with Gasteiger partial charge in [0.05, 0.1) is 18.2 Å². The first-order valence-corrected chi connectivity index (χ1v) is 9.21. The molecule has 0 aliphatic carbocycles. The number of ketones is 1. The Kier molecular flexibility index (Phi) is 5.07. The van der Waals surface area contributed by atoms with Crippen molar-refractivity contribution in [3.63, 3.8) is 0 Å². The minimum atomic E-state index is -0.301. The molecule has 1 aliphatic heterocycles. The van der Waals surface area contributed by atoms with E-state index in [1.807, 2.05) is 23.3 Å². The van der Waals surface area contributed by atoms with Gasteiger partial charge in [0.2, 0.25) is 0 Å². The Morgan fingerprint density at radius 1 is 1.18 bits per heavy atom. The molecular weight excluding hydrogens is 359 g/mol. The molecule has 0 N–H and O–H groups in total. The van der Waals surface area contributed by atoms with Crippen molar-refractivity contribution in [2.45, 2.75) is 19.4 Å². The maximum Gasteiger partial charge on any atom is 0.178 e. The summed E-state index contributed by atoms with van der Waals surface area (Å²) in [6, 6.07) is 13.6. The largest absolute Gasteiger partial charge is 0.406 e. The molecule has 0 unspecified atom stereocenters. The second-order valence-electron chi connectivity index (χ2n) is 6.92. The predicted octanol–water partition coefficient (Wildman–Crippen LogP) is 4.26. The number of pyridine rings is 1. The molecule has 28 heavy (non-hydrogen) atoms. The first-order chi connectivity index (χ1) is 13.5. The van der Waals surface area contributed by atoms with E-state index in [9.17, 15) is 9.18 Å². The zero-order valence-corrected chi connectivity index (χ0v) is 15.8. The fourth-order valence-electron chi connectivity index (χ4n) is 3.44. The number of rotatable bonds is 5. The van der Waals surface area contributed by atoms with Crippen LogP contribution in [0.3, 0.4) is 0 Å². The summed E-state index contributed by atoms with van der Waals surface area (Å²) in [7, 11) is 1.70. The van der Waals surface area contributed by atoms with E-state index in [4.69, 9.17) is 9.57 Å². The van der Waals surface area contributed by atoms with E-state index in [0.717, 1.165) is 29.5 Å². The average molecular weight is 380 g/mol. The molecule has 0 bridgehead atoms. The van der Waals surface area contributed by atoms with Gasteiger partial charge in [-0.2, -0.15) is 0 Å². The lowest BCUT2D eigenvalue weighted by Gasteiger charge is -2.17. The highest BCUT2D eigenvalue weighted by Crippen LogP contribution is 2.31. The first kappa shape index (κ1) is 18.5. The second-order valence-corrected chi connectivity index (χ2v) is 6.92. The standard InChI is InChI=1S/C22H21FN2O3/c1-14(26)21-12-20(15-3-5-16(23)6-4-15)19-8-7-17(11-22(19)24-21)28-25-10-9-18(13-25)27-2/h3-8,11-12,18H,9-10,13H2,1-2H3/t18-/m0/s1. The lowest BCUT2D eigenvalue weighted by Crippen LogP contribution is -2.26. The van der Waals surface area contributed by atoms with Crippen LogP contribution in [0.4, 0.5) is 4.39 Å². The van der Waals surface area contributed by atoms with Crippen molar-refractivity contribution in [3.05, 3.63) is 60.0 Å². The molecule has 5 nitrogen and oxygen atoms in total. The summed E-state index contributed by atoms with van der Waals surface area (Å²) >= 11 is 0. The summed E-state index contributed by atoms with van der Waals surface area (Å²) in [5.41, 5.74) is 2.69. The van der Waals surface area contributed by atoms with E-state index in [2.05, 4.69) is 4.98 Å². The molecule has 1 atom stereocenters. The minimum absolute atomic E-state index is 0.126. The third kappa shape index (κ3) is 3.74. The maximum absolute atomic E-state index is 13.3. The van der Waals surface area contributed by atoms with Crippen molar-refractivity contribution in [3.8, 4) is 16.9 Å². The number of methoxy groups -OCH3 is 1. The lowest BCUT2D eigenvalue weighted by molar-refractivity contribution is -0.0475. The van der Waals surface area contributed by atoms with E-state index >= 15 is 0 Å². The van der Waals surface area contributed by atoms with E-state index in [1.165, 1.54) is 19.1 Å². The fourth-order valence-corrected chi connectivity index (χ4v) is 3.44. The minimum Gasteiger partial charge on any atom is -0.406 e. The molecule has 0 spiro atoms. The summed E-state index contributed by atoms with van der Waals surface area (Å²) in [5, 5.41) is 2.74. The molecule has 1 aliphatic rings. The normalized spacial score (nSPS) is 17.2. The lowest BCUT2D eigenvalue weighted by atomic mass is 9.99. The van der Waals surface area contributed by atoms with Gasteiger partial charge in [0.25, 0.3) is 0 Å². The highest BCUT2D eigenvalue weighted by molar-refractivity contribution is 6.01. The maximum atomic E-state index is 13.3. The molecule has 0 radical (unpaired) electrons. The van der Waals surface area contributed by atoms with Gasteiger partial charge in [-0.1, -0.05) is 12.1 Å². The summed E-state index contributed by atoms with van der Waals surface area (Å²) in [4.78, 5) is 22.4. The van der Waals surface area contributed by atoms with Crippen LogP contribution in [0.2, 0.25) is 0 Å². The molecule has 4 rings (SSSR count). The Bertz CT molecular complexity index is 1020. The van der Waals surface area contributed by atoms with Crippen LogP contribution >= 0.6 is 0 Å². The molecule has 1 saturated heterocycles. The molecule has 0 amide bonds. The summed E-state index contributed by atoms with van der Waals surface area (Å²) in [5.74, 6) is 0.228. The molecule has 2 aromatic carbocycles. The Morgan fingerprint density at radius 2 is 1.96 bits per heavy atom. The number of carbonyl (C=O) groups excluding carboxylic acids is 1. The molecular formula is C22H21FN2O3. The van der Waals surface area contributed by atoms with Crippen LogP contribution in [0, 0.1) is 5.82 Å². The Hall–Kier alpha value is -2.83. The van der Waals surface area contributed by atoms with Crippen molar-refractivity contribution in [1.82, 2.24) is 10.0 Å². The van der Waals surface area contributed by atoms with Crippen LogP contribution in [-0.2, 0) is 4.74 Å².